The third-order valence-electron chi connectivity index (χ3n) is 4.84. The fraction of sp³-hybridized carbons (Fsp3) is 0.368. The first kappa shape index (κ1) is 18.2. The van der Waals surface area contributed by atoms with Gasteiger partial charge in [-0.05, 0) is 50.0 Å². The maximum atomic E-state index is 12.8. The van der Waals surface area contributed by atoms with E-state index in [0.29, 0.717) is 17.3 Å². The Morgan fingerprint density at radius 1 is 1.15 bits per heavy atom. The lowest BCUT2D eigenvalue weighted by atomic mass is 10.1. The third kappa shape index (κ3) is 3.77. The number of anilines is 1. The molecule has 142 valence electrons. The summed E-state index contributed by atoms with van der Waals surface area (Å²) in [5.41, 5.74) is 0.577. The van der Waals surface area contributed by atoms with Crippen LogP contribution in [0.1, 0.15) is 18.4 Å². The Morgan fingerprint density at radius 2 is 1.93 bits per heavy atom. The lowest BCUT2D eigenvalue weighted by Crippen LogP contribution is -2.39. The second-order valence-electron chi connectivity index (χ2n) is 6.88. The fourth-order valence-electron chi connectivity index (χ4n) is 3.47. The van der Waals surface area contributed by atoms with Crippen LogP contribution < -0.4 is 5.32 Å². The van der Waals surface area contributed by atoms with Gasteiger partial charge in [0, 0.05) is 23.5 Å². The van der Waals surface area contributed by atoms with E-state index in [0.717, 1.165) is 54.0 Å². The van der Waals surface area contributed by atoms with Crippen LogP contribution in [-0.2, 0) is 6.18 Å². The minimum Gasteiger partial charge on any atom is -0.364 e. The minimum absolute atomic E-state index is 0.318. The number of rotatable bonds is 3. The Morgan fingerprint density at radius 3 is 2.63 bits per heavy atom. The van der Waals surface area contributed by atoms with Crippen molar-refractivity contribution in [2.75, 3.05) is 25.5 Å². The Kier molecular flexibility index (Phi) is 4.77. The van der Waals surface area contributed by atoms with Gasteiger partial charge in [0.1, 0.15) is 5.69 Å². The Hall–Kier alpha value is -2.19. The number of benzene rings is 1. The molecule has 1 atom stereocenters. The highest BCUT2D eigenvalue weighted by molar-refractivity contribution is 7.17. The molecule has 1 aliphatic heterocycles. The van der Waals surface area contributed by atoms with Crippen molar-refractivity contribution in [3.63, 3.8) is 0 Å². The van der Waals surface area contributed by atoms with Crippen LogP contribution in [0.5, 0.6) is 0 Å². The standard InChI is InChI=1S/C19H19F3N4S/c1-26-9-2-3-14(11-26)23-18-15-8-10-27-17(15)16(24-25-18)12-4-6-13(7-5-12)19(20,21)22/h4-8,10,14H,2-3,9,11H2,1H3,(H,23,25)/t14-/m1/s1. The zero-order valence-corrected chi connectivity index (χ0v) is 15.6. The lowest BCUT2D eigenvalue weighted by Gasteiger charge is -2.30. The highest BCUT2D eigenvalue weighted by atomic mass is 32.1. The first-order valence-electron chi connectivity index (χ1n) is 8.78. The van der Waals surface area contributed by atoms with Gasteiger partial charge in [-0.1, -0.05) is 12.1 Å². The van der Waals surface area contributed by atoms with Crippen molar-refractivity contribution in [3.05, 3.63) is 41.3 Å². The van der Waals surface area contributed by atoms with Gasteiger partial charge >= 0.3 is 6.18 Å². The molecule has 1 N–H and O–H groups in total. The van der Waals surface area contributed by atoms with E-state index in [2.05, 4.69) is 27.5 Å². The van der Waals surface area contributed by atoms with Gasteiger partial charge in [-0.2, -0.15) is 13.2 Å². The molecular weight excluding hydrogens is 373 g/mol. The van der Waals surface area contributed by atoms with E-state index in [1.54, 1.807) is 0 Å². The molecule has 3 heterocycles. The summed E-state index contributed by atoms with van der Waals surface area (Å²) in [7, 11) is 2.10. The van der Waals surface area contributed by atoms with Crippen LogP contribution in [0.25, 0.3) is 21.3 Å². The molecule has 27 heavy (non-hydrogen) atoms. The maximum Gasteiger partial charge on any atom is 0.416 e. The van der Waals surface area contributed by atoms with Gasteiger partial charge in [0.25, 0.3) is 0 Å². The highest BCUT2D eigenvalue weighted by Gasteiger charge is 2.30. The summed E-state index contributed by atoms with van der Waals surface area (Å²) in [5.74, 6) is 0.738. The number of piperidine rings is 1. The minimum atomic E-state index is -4.34. The number of likely N-dealkylation sites (tertiary alicyclic amines) is 1. The predicted molar refractivity (Wildman–Crippen MR) is 102 cm³/mol. The number of aromatic nitrogens is 2. The second-order valence-corrected chi connectivity index (χ2v) is 7.80. The molecule has 1 aromatic carbocycles. The number of alkyl halides is 3. The first-order chi connectivity index (χ1) is 12.9. The van der Waals surface area contributed by atoms with Crippen LogP contribution in [0.15, 0.2) is 35.7 Å². The zero-order valence-electron chi connectivity index (χ0n) is 14.8. The molecule has 0 bridgehead atoms. The number of fused-ring (bicyclic) bond motifs is 1. The van der Waals surface area contributed by atoms with Crippen LogP contribution in [0, 0.1) is 0 Å². The largest absolute Gasteiger partial charge is 0.416 e. The third-order valence-corrected chi connectivity index (χ3v) is 5.76. The van der Waals surface area contributed by atoms with Gasteiger partial charge < -0.3 is 10.2 Å². The predicted octanol–water partition coefficient (Wildman–Crippen LogP) is 4.88. The fourth-order valence-corrected chi connectivity index (χ4v) is 4.37. The van der Waals surface area contributed by atoms with Gasteiger partial charge in [0.05, 0.1) is 10.3 Å². The Bertz CT molecular complexity index is 936. The first-order valence-corrected chi connectivity index (χ1v) is 9.66. The van der Waals surface area contributed by atoms with Crippen molar-refractivity contribution in [2.45, 2.75) is 25.1 Å². The van der Waals surface area contributed by atoms with Crippen LogP contribution >= 0.6 is 11.3 Å². The normalized spacial score (nSPS) is 18.7. The molecule has 1 saturated heterocycles. The van der Waals surface area contributed by atoms with Crippen molar-refractivity contribution in [1.82, 2.24) is 15.1 Å². The summed E-state index contributed by atoms with van der Waals surface area (Å²) in [4.78, 5) is 2.29. The van der Waals surface area contributed by atoms with E-state index in [4.69, 9.17) is 0 Å². The van der Waals surface area contributed by atoms with Gasteiger partial charge in [0.2, 0.25) is 0 Å². The lowest BCUT2D eigenvalue weighted by molar-refractivity contribution is -0.137. The average molecular weight is 392 g/mol. The summed E-state index contributed by atoms with van der Waals surface area (Å²) < 4.78 is 39.3. The molecule has 0 saturated carbocycles. The number of halogens is 3. The summed E-state index contributed by atoms with van der Waals surface area (Å²) in [6.45, 7) is 2.05. The summed E-state index contributed by atoms with van der Waals surface area (Å²) in [6, 6.07) is 7.38. The van der Waals surface area contributed by atoms with Gasteiger partial charge in [-0.3, -0.25) is 0 Å². The molecule has 4 rings (SSSR count). The molecule has 1 aliphatic rings. The number of thiophene rings is 1. The topological polar surface area (TPSA) is 41.0 Å². The number of nitrogens with one attached hydrogen (secondary N) is 1. The van der Waals surface area contributed by atoms with Crippen molar-refractivity contribution in [3.8, 4) is 11.3 Å². The number of likely N-dealkylation sites (N-methyl/N-ethyl adjacent to an activating group) is 1. The van der Waals surface area contributed by atoms with Crippen molar-refractivity contribution < 1.29 is 13.2 Å². The molecule has 0 spiro atoms. The second kappa shape index (κ2) is 7.09. The summed E-state index contributed by atoms with van der Waals surface area (Å²) in [5, 5.41) is 15.1. The molecule has 3 aromatic rings. The van der Waals surface area contributed by atoms with E-state index in [1.165, 1.54) is 23.5 Å². The highest BCUT2D eigenvalue weighted by Crippen LogP contribution is 2.36. The number of nitrogens with zero attached hydrogens (tertiary/aromatic N) is 3. The van der Waals surface area contributed by atoms with Crippen LogP contribution in [0.3, 0.4) is 0 Å². The van der Waals surface area contributed by atoms with Gasteiger partial charge in [-0.15, -0.1) is 21.5 Å². The molecule has 0 amide bonds. The van der Waals surface area contributed by atoms with E-state index >= 15 is 0 Å². The molecule has 0 radical (unpaired) electrons. The van der Waals surface area contributed by atoms with E-state index in [-0.39, 0.29) is 0 Å². The van der Waals surface area contributed by atoms with E-state index in [9.17, 15) is 13.2 Å². The van der Waals surface area contributed by atoms with Crippen molar-refractivity contribution in [1.29, 1.82) is 0 Å². The maximum absolute atomic E-state index is 12.8. The van der Waals surface area contributed by atoms with Crippen LogP contribution in [0.2, 0.25) is 0 Å². The Balaban J connectivity index is 1.65. The molecule has 2 aromatic heterocycles. The van der Waals surface area contributed by atoms with Gasteiger partial charge in [0.15, 0.2) is 5.82 Å². The van der Waals surface area contributed by atoms with E-state index < -0.39 is 11.7 Å². The SMILES string of the molecule is CN1CCC[C@@H](Nc2nnc(-c3ccc(C(F)(F)F)cc3)c3sccc23)C1. The summed E-state index contributed by atoms with van der Waals surface area (Å²) in [6.07, 6.45) is -2.13. The van der Waals surface area contributed by atoms with E-state index in [1.807, 2.05) is 11.4 Å². The molecule has 8 heteroatoms. The number of hydrogen-bond donors (Lipinski definition) is 1. The van der Waals surface area contributed by atoms with Crippen molar-refractivity contribution >= 4 is 27.2 Å². The zero-order chi connectivity index (χ0) is 19.0. The van der Waals surface area contributed by atoms with Crippen LogP contribution in [-0.4, -0.2) is 41.3 Å². The number of hydrogen-bond acceptors (Lipinski definition) is 5. The molecular formula is C19H19F3N4S. The molecule has 1 fully saturated rings. The smallest absolute Gasteiger partial charge is 0.364 e. The molecule has 0 unspecified atom stereocenters. The Labute approximate surface area is 159 Å². The van der Waals surface area contributed by atoms with Crippen molar-refractivity contribution in [2.24, 2.45) is 0 Å². The average Bonchev–Trinajstić information content (AvgIpc) is 3.12. The van der Waals surface area contributed by atoms with Crippen LogP contribution in [0.4, 0.5) is 19.0 Å². The molecule has 0 aliphatic carbocycles. The monoisotopic (exact) mass is 392 g/mol. The summed E-state index contributed by atoms with van der Waals surface area (Å²) >= 11 is 1.52. The van der Waals surface area contributed by atoms with Gasteiger partial charge in [-0.25, -0.2) is 0 Å². The molecule has 4 nitrogen and oxygen atoms in total. The quantitative estimate of drug-likeness (QED) is 0.690.